The maximum Gasteiger partial charge on any atom is 0.420 e. The number of phenolic OH excluding ortho intramolecular Hbond substituents is 3. The SMILES string of the molecule is C.C.C.C.CC(C)(C)O.CC(C)(C)c1cc([N+](=O)[O-])c(O)c(C(F)(F)F)c1.CC(C)(C)c1ccc(O)c(C(F)(F)F)c1.COc1c(N)cc(C(C)(C)C)cc1C(F)(F)F.COc1c([N+](=O)[O-])cc(C(C)(C)C)cc1C(F)(F)F.O=[N+]([O-])O.Oc1ccccc1C(F)(F)F.[HH]. The lowest BCUT2D eigenvalue weighted by molar-refractivity contribution is -0.742. The number of aliphatic hydroxyl groups is 1. The number of nitrogen functional groups attached to an aromatic ring is 1. The number of rotatable bonds is 4. The molecule has 5 aromatic rings. The second-order valence-corrected chi connectivity index (χ2v) is 23.8. The third-order valence-electron chi connectivity index (χ3n) is 11.0. The van der Waals surface area contributed by atoms with Crippen molar-refractivity contribution < 1.29 is 117 Å². The molecule has 0 saturated heterocycles. The van der Waals surface area contributed by atoms with E-state index in [2.05, 4.69) is 4.74 Å². The molecule has 0 aliphatic carbocycles. The highest BCUT2D eigenvalue weighted by Gasteiger charge is 2.42. The van der Waals surface area contributed by atoms with Crippen molar-refractivity contribution in [3.63, 3.8) is 0 Å². The van der Waals surface area contributed by atoms with E-state index in [1.807, 2.05) is 41.5 Å². The zero-order chi connectivity index (χ0) is 71.2. The van der Waals surface area contributed by atoms with Crippen LogP contribution in [0.15, 0.2) is 78.9 Å². The Morgan fingerprint density at radius 2 is 0.677 bits per heavy atom. The number of anilines is 1. The number of para-hydroxylation sites is 1. The molecule has 0 aliphatic heterocycles. The molecule has 0 radical (unpaired) electrons. The molecule has 32 heteroatoms. The highest BCUT2D eigenvalue weighted by molar-refractivity contribution is 5.61. The topological polar surface area (TPSA) is 275 Å². The molecular formula is C61H89F15N4O13. The number of nitrogens with two attached hydrogens (primary N) is 1. The summed E-state index contributed by atoms with van der Waals surface area (Å²) in [5.41, 5.74) is -2.49. The van der Waals surface area contributed by atoms with Crippen molar-refractivity contribution in [2.75, 3.05) is 20.0 Å². The van der Waals surface area contributed by atoms with Crippen LogP contribution in [0.1, 0.15) is 185 Å². The summed E-state index contributed by atoms with van der Waals surface area (Å²) >= 11 is 0. The molecule has 0 aliphatic rings. The number of phenols is 3. The Morgan fingerprint density at radius 1 is 0.409 bits per heavy atom. The lowest BCUT2D eigenvalue weighted by atomic mass is 9.85. The quantitative estimate of drug-likeness (QED) is 0.0423. The number of ether oxygens (including phenoxy) is 2. The van der Waals surface area contributed by atoms with Crippen LogP contribution in [-0.4, -0.2) is 60.4 Å². The van der Waals surface area contributed by atoms with Gasteiger partial charge in [-0.1, -0.05) is 131 Å². The van der Waals surface area contributed by atoms with Crippen molar-refractivity contribution >= 4 is 17.1 Å². The summed E-state index contributed by atoms with van der Waals surface area (Å²) in [5, 5.41) is 70.9. The molecule has 7 N–H and O–H groups in total. The Balaban J connectivity index is -0.000000193. The monoisotopic (exact) mass is 1370 g/mol. The van der Waals surface area contributed by atoms with Gasteiger partial charge in [-0.15, -0.1) is 10.1 Å². The van der Waals surface area contributed by atoms with Crippen molar-refractivity contribution in [2.45, 2.75) is 192 Å². The van der Waals surface area contributed by atoms with Crippen molar-refractivity contribution in [1.82, 2.24) is 0 Å². The van der Waals surface area contributed by atoms with Gasteiger partial charge in [0.15, 0.2) is 5.75 Å². The lowest BCUT2D eigenvalue weighted by Crippen LogP contribution is -2.16. The van der Waals surface area contributed by atoms with Crippen LogP contribution >= 0.6 is 0 Å². The fraction of sp³-hybridized carbons (Fsp3) is 0.508. The summed E-state index contributed by atoms with van der Waals surface area (Å²) in [5.74, 6) is -3.88. The van der Waals surface area contributed by atoms with Gasteiger partial charge in [0.2, 0.25) is 11.5 Å². The number of hydrogen-bond donors (Lipinski definition) is 6. The van der Waals surface area contributed by atoms with Crippen molar-refractivity contribution in [1.29, 1.82) is 0 Å². The number of halogens is 15. The number of alkyl halides is 15. The van der Waals surface area contributed by atoms with E-state index in [1.165, 1.54) is 31.4 Å². The Labute approximate surface area is 532 Å². The van der Waals surface area contributed by atoms with Gasteiger partial charge in [0, 0.05) is 13.6 Å². The molecule has 0 bridgehead atoms. The van der Waals surface area contributed by atoms with E-state index in [1.54, 1.807) is 62.3 Å². The summed E-state index contributed by atoms with van der Waals surface area (Å²) in [6.45, 7) is 26.1. The Hall–Kier alpha value is -8.19. The number of hydrogen-bond acceptors (Lipinski definition) is 13. The molecule has 0 amide bonds. The third kappa shape index (κ3) is 33.3. The molecule has 0 spiro atoms. The smallest absolute Gasteiger partial charge is 0.420 e. The molecule has 0 atom stereocenters. The predicted molar refractivity (Wildman–Crippen MR) is 328 cm³/mol. The van der Waals surface area contributed by atoms with Crippen LogP contribution in [0.5, 0.6) is 28.7 Å². The highest BCUT2D eigenvalue weighted by Crippen LogP contribution is 2.47. The summed E-state index contributed by atoms with van der Waals surface area (Å²) in [7, 11) is 2.16. The molecular weight excluding hydrogens is 1280 g/mol. The van der Waals surface area contributed by atoms with Gasteiger partial charge in [0.1, 0.15) is 22.6 Å². The molecule has 0 unspecified atom stereocenters. The van der Waals surface area contributed by atoms with Crippen LogP contribution < -0.4 is 15.2 Å². The number of aromatic hydroxyl groups is 3. The van der Waals surface area contributed by atoms with Gasteiger partial charge in [0.05, 0.1) is 52.0 Å². The van der Waals surface area contributed by atoms with E-state index in [4.69, 9.17) is 41.1 Å². The molecule has 5 rings (SSSR count). The lowest BCUT2D eigenvalue weighted by Gasteiger charge is -2.23. The van der Waals surface area contributed by atoms with Crippen molar-refractivity contribution in [2.24, 2.45) is 0 Å². The largest absolute Gasteiger partial charge is 0.507 e. The molecule has 0 fully saturated rings. The zero-order valence-electron chi connectivity index (χ0n) is 51.1. The molecule has 0 saturated carbocycles. The van der Waals surface area contributed by atoms with Gasteiger partial charge in [-0.25, -0.2) is 0 Å². The first-order valence-electron chi connectivity index (χ1n) is 25.3. The van der Waals surface area contributed by atoms with Crippen LogP contribution in [-0.2, 0) is 52.5 Å². The first-order valence-corrected chi connectivity index (χ1v) is 25.3. The second kappa shape index (κ2) is 35.7. The van der Waals surface area contributed by atoms with E-state index in [0.29, 0.717) is 11.1 Å². The first kappa shape index (κ1) is 95.9. The van der Waals surface area contributed by atoms with E-state index < -0.39 is 130 Å². The molecule has 93 heavy (non-hydrogen) atoms. The fourth-order valence-corrected chi connectivity index (χ4v) is 6.48. The molecule has 0 aromatic heterocycles. The molecule has 536 valence electrons. The second-order valence-electron chi connectivity index (χ2n) is 23.8. The minimum atomic E-state index is -4.84. The van der Waals surface area contributed by atoms with Crippen LogP contribution in [0.25, 0.3) is 0 Å². The van der Waals surface area contributed by atoms with Gasteiger partial charge >= 0.3 is 42.3 Å². The number of benzene rings is 5. The van der Waals surface area contributed by atoms with Crippen molar-refractivity contribution in [3.05, 3.63) is 159 Å². The Bertz CT molecular complexity index is 3170. The summed E-state index contributed by atoms with van der Waals surface area (Å²) in [6.07, 6.45) is -23.0. The summed E-state index contributed by atoms with van der Waals surface area (Å²) in [6, 6.07) is 14.3. The fourth-order valence-electron chi connectivity index (χ4n) is 6.48. The average Bonchev–Trinajstić information content (AvgIpc) is 0.804. The Morgan fingerprint density at radius 3 is 0.957 bits per heavy atom. The van der Waals surface area contributed by atoms with E-state index in [9.17, 15) is 91.2 Å². The maximum absolute atomic E-state index is 12.9. The van der Waals surface area contributed by atoms with Crippen LogP contribution in [0, 0.1) is 30.3 Å². The maximum atomic E-state index is 12.9. The number of nitro benzene ring substituents is 2. The van der Waals surface area contributed by atoms with Crippen LogP contribution in [0.2, 0.25) is 0 Å². The zero-order valence-corrected chi connectivity index (χ0v) is 51.1. The van der Waals surface area contributed by atoms with E-state index in [0.717, 1.165) is 61.7 Å². The van der Waals surface area contributed by atoms with Gasteiger partial charge in [0.25, 0.3) is 5.09 Å². The first-order chi connectivity index (χ1) is 39.4. The minimum absolute atomic E-state index is 0. The van der Waals surface area contributed by atoms with Gasteiger partial charge in [-0.05, 0) is 113 Å². The molecule has 5 aromatic carbocycles. The minimum Gasteiger partial charge on any atom is -0.507 e. The summed E-state index contributed by atoms with van der Waals surface area (Å²) in [4.78, 5) is 28.0. The standard InChI is InChI=1S/C12H14F3NO3.C12H16F3NO.C11H12F3NO3.C11H13F3O.C7H5F3O.C4H10O.4CH4.HNO3.H2/c1-11(2,3)7-5-8(12(13,14)15)10(19-4)9(6-7)16(17)18;1-11(2,3)7-5-8(12(13,14)15)10(17-4)9(16)6-7;1-10(2,3)6-4-7(11(12,13)14)9(16)8(5-6)15(17)18;1-10(2,3)7-4-5-9(15)8(6-7)11(12,13)14;8-7(9,10)5-3-1-2-4-6(5)11;1-4(2,3)5;;;;;2-1(3)4;/h5-6H,1-4H3;5-6H,16H2,1-4H3;4-5,16H,1-3H3;4-6,15H,1-3H3;1-4,11H;5H,1-3H3;4*1H4;(H,2,3,4);1H. The predicted octanol–water partition coefficient (Wildman–Crippen LogP) is 20.5. The van der Waals surface area contributed by atoms with E-state index in [-0.39, 0.29) is 59.1 Å². The van der Waals surface area contributed by atoms with Crippen LogP contribution in [0.3, 0.4) is 0 Å². The summed E-state index contributed by atoms with van der Waals surface area (Å²) < 4.78 is 198. The van der Waals surface area contributed by atoms with Gasteiger partial charge in [-0.2, -0.15) is 65.9 Å². The number of nitro groups is 2. The van der Waals surface area contributed by atoms with Crippen LogP contribution in [0.4, 0.5) is 82.9 Å². The number of methoxy groups -OCH3 is 2. The van der Waals surface area contributed by atoms with Crippen molar-refractivity contribution in [3.8, 4) is 28.7 Å². The third-order valence-corrected chi connectivity index (χ3v) is 11.0. The normalized spacial score (nSPS) is 11.6. The number of nitrogens with zero attached hydrogens (tertiary/aromatic N) is 3. The van der Waals surface area contributed by atoms with E-state index >= 15 is 0 Å². The molecule has 0 heterocycles. The Kier molecular flexibility index (Phi) is 36.9. The highest BCUT2D eigenvalue weighted by atomic mass is 19.4. The van der Waals surface area contributed by atoms with Gasteiger partial charge in [-0.3, -0.25) is 20.2 Å². The molecule has 17 nitrogen and oxygen atoms in total. The average molecular weight is 1370 g/mol. The van der Waals surface area contributed by atoms with Gasteiger partial charge < -0.3 is 40.8 Å².